The molecule has 3 aromatic rings. The lowest BCUT2D eigenvalue weighted by Gasteiger charge is -2.28. The van der Waals surface area contributed by atoms with E-state index >= 15 is 0 Å². The van der Waals surface area contributed by atoms with Crippen molar-refractivity contribution in [3.8, 4) is 5.75 Å². The molecule has 4 N–H and O–H groups in total. The Balaban J connectivity index is 1.48. The number of aliphatic hydroxyl groups excluding tert-OH is 2. The fourth-order valence-corrected chi connectivity index (χ4v) is 4.29. The molecule has 35 heavy (non-hydrogen) atoms. The first kappa shape index (κ1) is 26.9. The molecule has 1 atom stereocenters. The first-order chi connectivity index (χ1) is 16.8. The summed E-state index contributed by atoms with van der Waals surface area (Å²) in [5, 5.41) is 33.2. The van der Waals surface area contributed by atoms with Crippen molar-refractivity contribution < 1.29 is 15.3 Å². The summed E-state index contributed by atoms with van der Waals surface area (Å²) in [6.07, 6.45) is 2.20. The van der Waals surface area contributed by atoms with Gasteiger partial charge in [0.15, 0.2) is 0 Å². The SMILES string of the molecule is CN(CCc1ccccc1)CCc1cccc(CC(C)(C)NCC(O)c2ccc(O)c(CO)c2)c1. The number of nitrogens with zero attached hydrogens (tertiary/aromatic N) is 1. The van der Waals surface area contributed by atoms with E-state index in [9.17, 15) is 15.3 Å². The van der Waals surface area contributed by atoms with Crippen molar-refractivity contribution in [3.05, 3.63) is 101 Å². The van der Waals surface area contributed by atoms with Gasteiger partial charge in [-0.05, 0) is 74.5 Å². The highest BCUT2D eigenvalue weighted by Gasteiger charge is 2.20. The van der Waals surface area contributed by atoms with Crippen LogP contribution >= 0.6 is 0 Å². The lowest BCUT2D eigenvalue weighted by molar-refractivity contribution is 0.160. The maximum absolute atomic E-state index is 10.6. The van der Waals surface area contributed by atoms with E-state index in [4.69, 9.17) is 0 Å². The molecule has 5 nitrogen and oxygen atoms in total. The third-order valence-corrected chi connectivity index (χ3v) is 6.48. The molecule has 0 bridgehead atoms. The molecular weight excluding hydrogens is 436 g/mol. The first-order valence-corrected chi connectivity index (χ1v) is 12.4. The van der Waals surface area contributed by atoms with Crippen molar-refractivity contribution in [2.45, 2.75) is 51.4 Å². The maximum atomic E-state index is 10.6. The van der Waals surface area contributed by atoms with Crippen molar-refractivity contribution in [2.24, 2.45) is 0 Å². The molecule has 0 heterocycles. The summed E-state index contributed by atoms with van der Waals surface area (Å²) in [6, 6.07) is 24.2. The Hall–Kier alpha value is -2.70. The maximum Gasteiger partial charge on any atom is 0.121 e. The number of phenols is 1. The quantitative estimate of drug-likeness (QED) is 0.297. The zero-order valence-corrected chi connectivity index (χ0v) is 21.2. The van der Waals surface area contributed by atoms with Crippen LogP contribution in [0.1, 0.15) is 47.8 Å². The second kappa shape index (κ2) is 12.8. The molecule has 0 fully saturated rings. The van der Waals surface area contributed by atoms with Gasteiger partial charge in [0, 0.05) is 30.7 Å². The smallest absolute Gasteiger partial charge is 0.121 e. The normalized spacial score (nSPS) is 12.7. The number of aliphatic hydroxyl groups is 2. The summed E-state index contributed by atoms with van der Waals surface area (Å²) >= 11 is 0. The van der Waals surface area contributed by atoms with Crippen LogP contribution in [0.25, 0.3) is 0 Å². The van der Waals surface area contributed by atoms with Gasteiger partial charge in [0.05, 0.1) is 12.7 Å². The van der Waals surface area contributed by atoms with Gasteiger partial charge in [0.1, 0.15) is 5.75 Å². The lowest BCUT2D eigenvalue weighted by atomic mass is 9.93. The number of benzene rings is 3. The van der Waals surface area contributed by atoms with Gasteiger partial charge in [-0.25, -0.2) is 0 Å². The minimum Gasteiger partial charge on any atom is -0.508 e. The largest absolute Gasteiger partial charge is 0.508 e. The van der Waals surface area contributed by atoms with Gasteiger partial charge in [0.2, 0.25) is 0 Å². The van der Waals surface area contributed by atoms with Crippen molar-refractivity contribution >= 4 is 0 Å². The van der Waals surface area contributed by atoms with E-state index in [1.165, 1.54) is 22.8 Å². The average Bonchev–Trinajstić information content (AvgIpc) is 2.85. The molecule has 0 aliphatic heterocycles. The van der Waals surface area contributed by atoms with Crippen molar-refractivity contribution in [1.29, 1.82) is 0 Å². The Morgan fingerprint density at radius 2 is 1.51 bits per heavy atom. The van der Waals surface area contributed by atoms with Gasteiger partial charge < -0.3 is 25.5 Å². The van der Waals surface area contributed by atoms with Crippen LogP contribution in [0.4, 0.5) is 0 Å². The number of β-amino-alcohol motifs (C(OH)–C–C–N with tert-alkyl or cyclic N) is 1. The highest BCUT2D eigenvalue weighted by molar-refractivity contribution is 5.36. The minimum atomic E-state index is -0.724. The van der Waals surface area contributed by atoms with Crippen molar-refractivity contribution in [3.63, 3.8) is 0 Å². The van der Waals surface area contributed by atoms with Gasteiger partial charge in [-0.1, -0.05) is 60.7 Å². The van der Waals surface area contributed by atoms with Crippen LogP contribution < -0.4 is 5.32 Å². The van der Waals surface area contributed by atoms with Crippen LogP contribution in [-0.2, 0) is 25.9 Å². The summed E-state index contributed by atoms with van der Waals surface area (Å²) in [4.78, 5) is 2.39. The molecule has 3 rings (SSSR count). The van der Waals surface area contributed by atoms with E-state index in [2.05, 4.69) is 85.7 Å². The van der Waals surface area contributed by atoms with Crippen LogP contribution in [0, 0.1) is 0 Å². The second-order valence-electron chi connectivity index (χ2n) is 10.1. The number of likely N-dealkylation sites (N-methyl/N-ethyl adjacent to an activating group) is 1. The van der Waals surface area contributed by atoms with Crippen LogP contribution in [0.2, 0.25) is 0 Å². The molecule has 0 radical (unpaired) electrons. The molecular formula is C30H40N2O3. The van der Waals surface area contributed by atoms with E-state index in [1.807, 2.05) is 0 Å². The highest BCUT2D eigenvalue weighted by Crippen LogP contribution is 2.23. The summed E-state index contributed by atoms with van der Waals surface area (Å²) in [5.41, 5.74) is 4.87. The van der Waals surface area contributed by atoms with Gasteiger partial charge in [-0.3, -0.25) is 0 Å². The van der Waals surface area contributed by atoms with Crippen molar-refractivity contribution in [2.75, 3.05) is 26.7 Å². The zero-order chi connectivity index (χ0) is 25.3. The number of hydrogen-bond donors (Lipinski definition) is 4. The van der Waals surface area contributed by atoms with Crippen LogP contribution in [0.5, 0.6) is 5.75 Å². The van der Waals surface area contributed by atoms with E-state index < -0.39 is 6.10 Å². The van der Waals surface area contributed by atoms with Gasteiger partial charge in [-0.15, -0.1) is 0 Å². The highest BCUT2D eigenvalue weighted by atomic mass is 16.3. The number of aromatic hydroxyl groups is 1. The predicted octanol–water partition coefficient (Wildman–Crippen LogP) is 4.25. The molecule has 1 unspecified atom stereocenters. The Morgan fingerprint density at radius 1 is 0.857 bits per heavy atom. The molecule has 0 amide bonds. The van der Waals surface area contributed by atoms with Crippen LogP contribution in [0.3, 0.4) is 0 Å². The second-order valence-corrected chi connectivity index (χ2v) is 10.1. The molecule has 0 spiro atoms. The number of hydrogen-bond acceptors (Lipinski definition) is 5. The van der Waals surface area contributed by atoms with E-state index in [0.717, 1.165) is 32.4 Å². The first-order valence-electron chi connectivity index (χ1n) is 12.4. The zero-order valence-electron chi connectivity index (χ0n) is 21.2. The minimum absolute atomic E-state index is 0.0407. The molecule has 3 aromatic carbocycles. The lowest BCUT2D eigenvalue weighted by Crippen LogP contribution is -2.43. The average molecular weight is 477 g/mol. The summed E-state index contributed by atoms with van der Waals surface area (Å²) < 4.78 is 0. The topological polar surface area (TPSA) is 76.0 Å². The van der Waals surface area contributed by atoms with E-state index in [1.54, 1.807) is 12.1 Å². The predicted molar refractivity (Wildman–Crippen MR) is 143 cm³/mol. The molecule has 0 saturated carbocycles. The fraction of sp³-hybridized carbons (Fsp3) is 0.400. The molecule has 0 aliphatic carbocycles. The molecule has 188 valence electrons. The number of nitrogens with one attached hydrogen (secondary N) is 1. The Morgan fingerprint density at radius 3 is 2.23 bits per heavy atom. The van der Waals surface area contributed by atoms with Crippen LogP contribution in [0.15, 0.2) is 72.8 Å². The standard InChI is InChI=1S/C30H40N2O3/c1-30(2,31-21-29(35)26-12-13-28(34)27(19-26)22-33)20-25-11-7-10-24(18-25)15-17-32(3)16-14-23-8-5-4-6-9-23/h4-13,18-19,29,31,33-35H,14-17,20-22H2,1-3H3. The van der Waals surface area contributed by atoms with Gasteiger partial charge in [0.25, 0.3) is 0 Å². The van der Waals surface area contributed by atoms with E-state index in [-0.39, 0.29) is 17.9 Å². The monoisotopic (exact) mass is 476 g/mol. The summed E-state index contributed by atoms with van der Waals surface area (Å²) in [7, 11) is 2.18. The van der Waals surface area contributed by atoms with Crippen LogP contribution in [-0.4, -0.2) is 52.4 Å². The Bertz CT molecular complexity index is 1050. The molecule has 5 heteroatoms. The number of rotatable bonds is 13. The third kappa shape index (κ3) is 8.79. The van der Waals surface area contributed by atoms with Crippen molar-refractivity contribution in [1.82, 2.24) is 10.2 Å². The molecule has 0 aliphatic rings. The Labute approximate surface area is 210 Å². The molecule has 0 saturated heterocycles. The fourth-order valence-electron chi connectivity index (χ4n) is 4.29. The van der Waals surface area contributed by atoms with Gasteiger partial charge >= 0.3 is 0 Å². The molecule has 0 aromatic heterocycles. The summed E-state index contributed by atoms with van der Waals surface area (Å²) in [5.74, 6) is 0.0407. The van der Waals surface area contributed by atoms with E-state index in [0.29, 0.717) is 17.7 Å². The van der Waals surface area contributed by atoms with Gasteiger partial charge in [-0.2, -0.15) is 0 Å². The Kier molecular flexibility index (Phi) is 9.87. The third-order valence-electron chi connectivity index (χ3n) is 6.48. The summed E-state index contributed by atoms with van der Waals surface area (Å²) in [6.45, 7) is 6.47.